The number of anilines is 1. The molecule has 1 amide bonds. The van der Waals surface area contributed by atoms with Crippen LogP contribution in [0.3, 0.4) is 0 Å². The Hall–Kier alpha value is -3.32. The molecule has 0 fully saturated rings. The van der Waals surface area contributed by atoms with Gasteiger partial charge in [0.15, 0.2) is 0 Å². The van der Waals surface area contributed by atoms with Gasteiger partial charge in [0, 0.05) is 10.9 Å². The zero-order valence-electron chi connectivity index (χ0n) is 15.0. The zero-order chi connectivity index (χ0) is 19.7. The van der Waals surface area contributed by atoms with Gasteiger partial charge in [-0.3, -0.25) is 14.2 Å². The fraction of sp³-hybridized carbons (Fsp3) is 0.0952. The molecule has 0 atom stereocenters. The first-order valence-electron chi connectivity index (χ1n) is 8.61. The minimum atomic E-state index is -0.530. The third kappa shape index (κ3) is 3.44. The molecule has 7 heteroatoms. The molecular weight excluding hydrogens is 377 g/mol. The van der Waals surface area contributed by atoms with Gasteiger partial charge in [-0.15, -0.1) is 11.3 Å². The number of para-hydroxylation sites is 1. The van der Waals surface area contributed by atoms with Gasteiger partial charge in [0.2, 0.25) is 5.91 Å². The van der Waals surface area contributed by atoms with Crippen molar-refractivity contribution in [2.75, 3.05) is 5.32 Å². The normalized spacial score (nSPS) is 10.9. The molecule has 2 heterocycles. The van der Waals surface area contributed by atoms with Crippen LogP contribution in [0.25, 0.3) is 21.3 Å². The van der Waals surface area contributed by atoms with E-state index >= 15 is 0 Å². The summed E-state index contributed by atoms with van der Waals surface area (Å²) in [6.07, 6.45) is 1.36. The number of carbonyl (C=O) groups is 1. The molecule has 5 nitrogen and oxygen atoms in total. The van der Waals surface area contributed by atoms with E-state index in [1.165, 1.54) is 40.4 Å². The second-order valence-corrected chi connectivity index (χ2v) is 7.28. The fourth-order valence-electron chi connectivity index (χ4n) is 2.90. The summed E-state index contributed by atoms with van der Waals surface area (Å²) in [6.45, 7) is 1.77. The average molecular weight is 393 g/mol. The first-order valence-corrected chi connectivity index (χ1v) is 9.49. The molecule has 0 spiro atoms. The molecular formula is C21H16FN3O2S. The Bertz CT molecular complexity index is 1230. The van der Waals surface area contributed by atoms with E-state index in [0.717, 1.165) is 16.7 Å². The lowest BCUT2D eigenvalue weighted by molar-refractivity contribution is -0.116. The molecule has 28 heavy (non-hydrogen) atoms. The summed E-state index contributed by atoms with van der Waals surface area (Å²) in [4.78, 5) is 29.4. The van der Waals surface area contributed by atoms with E-state index in [0.29, 0.717) is 10.2 Å². The number of aryl methyl sites for hydroxylation is 1. The van der Waals surface area contributed by atoms with Gasteiger partial charge < -0.3 is 5.32 Å². The maximum atomic E-state index is 13.7. The summed E-state index contributed by atoms with van der Waals surface area (Å²) in [5, 5.41) is 4.37. The van der Waals surface area contributed by atoms with Crippen molar-refractivity contribution in [2.24, 2.45) is 0 Å². The Morgan fingerprint density at radius 1 is 1.18 bits per heavy atom. The lowest BCUT2D eigenvalue weighted by Gasteiger charge is -2.08. The van der Waals surface area contributed by atoms with Crippen molar-refractivity contribution in [3.63, 3.8) is 0 Å². The van der Waals surface area contributed by atoms with E-state index in [1.54, 1.807) is 6.07 Å². The van der Waals surface area contributed by atoms with Crippen molar-refractivity contribution in [3.05, 3.63) is 82.0 Å². The van der Waals surface area contributed by atoms with Crippen LogP contribution >= 0.6 is 11.3 Å². The van der Waals surface area contributed by atoms with Gasteiger partial charge in [-0.05, 0) is 24.6 Å². The number of hydrogen-bond acceptors (Lipinski definition) is 4. The number of carbonyl (C=O) groups excluding carboxylic acids is 1. The predicted molar refractivity (Wildman–Crippen MR) is 109 cm³/mol. The van der Waals surface area contributed by atoms with Crippen molar-refractivity contribution < 1.29 is 9.18 Å². The number of aromatic nitrogens is 2. The van der Waals surface area contributed by atoms with E-state index in [1.807, 2.05) is 36.6 Å². The highest BCUT2D eigenvalue weighted by atomic mass is 32.1. The number of hydrogen-bond donors (Lipinski definition) is 1. The fourth-order valence-corrected chi connectivity index (χ4v) is 3.88. The van der Waals surface area contributed by atoms with Crippen LogP contribution in [0.4, 0.5) is 10.1 Å². The Kier molecular flexibility index (Phi) is 4.75. The molecule has 140 valence electrons. The van der Waals surface area contributed by atoms with Crippen LogP contribution in [0.15, 0.2) is 65.0 Å². The number of nitrogens with zero attached hydrogens (tertiary/aromatic N) is 2. The molecule has 0 aliphatic carbocycles. The highest BCUT2D eigenvalue weighted by Crippen LogP contribution is 2.30. The summed E-state index contributed by atoms with van der Waals surface area (Å²) in [5.41, 5.74) is 3.42. The van der Waals surface area contributed by atoms with Crippen molar-refractivity contribution in [1.82, 2.24) is 9.55 Å². The molecule has 2 aromatic carbocycles. The molecule has 2 aromatic heterocycles. The summed E-state index contributed by atoms with van der Waals surface area (Å²) >= 11 is 1.30. The van der Waals surface area contributed by atoms with Gasteiger partial charge in [-0.1, -0.05) is 42.0 Å². The Morgan fingerprint density at radius 2 is 1.93 bits per heavy atom. The molecule has 0 aliphatic heterocycles. The maximum absolute atomic E-state index is 13.7. The van der Waals surface area contributed by atoms with Gasteiger partial charge in [0.05, 0.1) is 17.5 Å². The van der Waals surface area contributed by atoms with Gasteiger partial charge in [-0.2, -0.15) is 0 Å². The molecule has 4 rings (SSSR count). The van der Waals surface area contributed by atoms with Crippen molar-refractivity contribution in [1.29, 1.82) is 0 Å². The molecule has 0 unspecified atom stereocenters. The van der Waals surface area contributed by atoms with Crippen molar-refractivity contribution in [3.8, 4) is 11.1 Å². The Labute approximate surface area is 164 Å². The number of rotatable bonds is 4. The molecule has 4 aromatic rings. The van der Waals surface area contributed by atoms with Gasteiger partial charge in [0.25, 0.3) is 5.56 Å². The van der Waals surface area contributed by atoms with E-state index in [9.17, 15) is 14.0 Å². The second kappa shape index (κ2) is 7.36. The lowest BCUT2D eigenvalue weighted by Crippen LogP contribution is -2.27. The highest BCUT2D eigenvalue weighted by molar-refractivity contribution is 7.17. The summed E-state index contributed by atoms with van der Waals surface area (Å²) in [7, 11) is 0. The molecule has 0 saturated carbocycles. The van der Waals surface area contributed by atoms with E-state index in [2.05, 4.69) is 10.3 Å². The number of amides is 1. The summed E-state index contributed by atoms with van der Waals surface area (Å²) in [5.74, 6) is -1.03. The standard InChI is InChI=1S/C21H16FN3O2S/c1-13-6-8-14(9-7-13)15-11-28-20-19(15)23-12-25(21(20)27)10-18(26)24-17-5-3-2-4-16(17)22/h2-9,11-12H,10H2,1H3,(H,24,26). The summed E-state index contributed by atoms with van der Waals surface area (Å²) < 4.78 is 15.4. The molecule has 1 N–H and O–H groups in total. The topological polar surface area (TPSA) is 64.0 Å². The van der Waals surface area contributed by atoms with Crippen molar-refractivity contribution >= 4 is 33.1 Å². The minimum Gasteiger partial charge on any atom is -0.322 e. The van der Waals surface area contributed by atoms with E-state index in [-0.39, 0.29) is 17.8 Å². The van der Waals surface area contributed by atoms with Gasteiger partial charge in [-0.25, -0.2) is 9.37 Å². The van der Waals surface area contributed by atoms with Crippen LogP contribution in [0, 0.1) is 12.7 Å². The molecule has 0 aliphatic rings. The van der Waals surface area contributed by atoms with Crippen LogP contribution in [0.5, 0.6) is 0 Å². The van der Waals surface area contributed by atoms with E-state index in [4.69, 9.17) is 0 Å². The van der Waals surface area contributed by atoms with Crippen LogP contribution in [0.1, 0.15) is 5.56 Å². The average Bonchev–Trinajstić information content (AvgIpc) is 3.11. The maximum Gasteiger partial charge on any atom is 0.271 e. The molecule has 0 saturated heterocycles. The molecule has 0 bridgehead atoms. The lowest BCUT2D eigenvalue weighted by atomic mass is 10.1. The minimum absolute atomic E-state index is 0.0763. The number of nitrogens with one attached hydrogen (secondary N) is 1. The number of thiophene rings is 1. The van der Waals surface area contributed by atoms with Crippen molar-refractivity contribution in [2.45, 2.75) is 13.5 Å². The monoisotopic (exact) mass is 393 g/mol. The number of fused-ring (bicyclic) bond motifs is 1. The Balaban J connectivity index is 1.62. The number of benzene rings is 2. The van der Waals surface area contributed by atoms with Gasteiger partial charge >= 0.3 is 0 Å². The van der Waals surface area contributed by atoms with Crippen LogP contribution in [-0.4, -0.2) is 15.5 Å². The SMILES string of the molecule is Cc1ccc(-c2csc3c(=O)n(CC(=O)Nc4ccccc4F)cnc23)cc1. The van der Waals surface area contributed by atoms with Crippen LogP contribution < -0.4 is 10.9 Å². The highest BCUT2D eigenvalue weighted by Gasteiger charge is 2.14. The third-order valence-electron chi connectivity index (χ3n) is 4.37. The second-order valence-electron chi connectivity index (χ2n) is 6.40. The largest absolute Gasteiger partial charge is 0.322 e. The van der Waals surface area contributed by atoms with Gasteiger partial charge in [0.1, 0.15) is 17.1 Å². The first-order chi connectivity index (χ1) is 13.5. The smallest absolute Gasteiger partial charge is 0.271 e. The Morgan fingerprint density at radius 3 is 2.68 bits per heavy atom. The van der Waals surface area contributed by atoms with E-state index < -0.39 is 11.7 Å². The first kappa shape index (κ1) is 18.1. The van der Waals surface area contributed by atoms with Crippen LogP contribution in [0.2, 0.25) is 0 Å². The van der Waals surface area contributed by atoms with Crippen LogP contribution in [-0.2, 0) is 11.3 Å². The third-order valence-corrected chi connectivity index (χ3v) is 5.33. The zero-order valence-corrected chi connectivity index (χ0v) is 15.8. The quantitative estimate of drug-likeness (QED) is 0.565. The number of halogens is 1. The molecule has 0 radical (unpaired) electrons. The summed E-state index contributed by atoms with van der Waals surface area (Å²) in [6, 6.07) is 13.9. The predicted octanol–water partition coefficient (Wildman–Crippen LogP) is 4.21.